The summed E-state index contributed by atoms with van der Waals surface area (Å²) in [5.74, 6) is -1.95. The van der Waals surface area contributed by atoms with E-state index in [0.29, 0.717) is 0 Å². The molecule has 1 amide bonds. The van der Waals surface area contributed by atoms with Crippen LogP contribution in [0.4, 0.5) is 4.79 Å². The summed E-state index contributed by atoms with van der Waals surface area (Å²) in [7, 11) is 0. The van der Waals surface area contributed by atoms with Crippen LogP contribution in [0.1, 0.15) is 38.3 Å². The van der Waals surface area contributed by atoms with Gasteiger partial charge in [0.15, 0.2) is 12.2 Å². The van der Waals surface area contributed by atoms with E-state index in [1.54, 1.807) is 6.92 Å². The minimum Gasteiger partial charge on any atom is -0.456 e. The van der Waals surface area contributed by atoms with Crippen LogP contribution in [0.5, 0.6) is 0 Å². The maximum atomic E-state index is 12.7. The van der Waals surface area contributed by atoms with Gasteiger partial charge in [-0.2, -0.15) is 0 Å². The van der Waals surface area contributed by atoms with E-state index >= 15 is 0 Å². The highest BCUT2D eigenvalue weighted by molar-refractivity contribution is 6.67. The number of amides is 1. The molecule has 1 N–H and O–H groups in total. The van der Waals surface area contributed by atoms with Gasteiger partial charge in [0.25, 0.3) is 0 Å². The molecule has 1 saturated carbocycles. The second-order valence-corrected chi connectivity index (χ2v) is 15.4. The number of ether oxygens (including phenoxy) is 7. The number of esters is 2. The molecule has 0 radical (unpaired) electrons. The molecule has 1 heterocycles. The van der Waals surface area contributed by atoms with Gasteiger partial charge in [-0.1, -0.05) is 106 Å². The van der Waals surface area contributed by atoms with Gasteiger partial charge in [0.2, 0.25) is 3.79 Å². The molecule has 2 aliphatic rings. The fraction of sp³-hybridized carbons (Fsp3) is 0.571. The lowest BCUT2D eigenvalue weighted by atomic mass is 9.79. The summed E-state index contributed by atoms with van der Waals surface area (Å²) in [6.07, 6.45) is -7.80. The van der Waals surface area contributed by atoms with Crippen LogP contribution >= 0.6 is 34.8 Å². The Morgan fingerprint density at radius 3 is 1.98 bits per heavy atom. The molecule has 2 aromatic rings. The Labute approximate surface area is 332 Å². The van der Waals surface area contributed by atoms with Crippen LogP contribution in [0.25, 0.3) is 20.9 Å². The summed E-state index contributed by atoms with van der Waals surface area (Å²) >= 11 is 17.1. The SMILES string of the molecule is CC(=O)O[C@@H]1[C@@H](NC(=O)OCC(Cl)(Cl)Cl)[C@H](C)O[C@H](COC2C[C@H](CN=[N+]=[N-])[C@@H](OCc3ccccc3)[C@H](OCc3ccccc3)[C@H]2N=[N+]=[N-])[C@@H]1OC(C)=O. The van der Waals surface area contributed by atoms with Crippen LogP contribution in [-0.2, 0) is 56.0 Å². The van der Waals surface area contributed by atoms with Gasteiger partial charge in [0, 0.05) is 30.2 Å². The monoisotopic (exact) mass is 825 g/mol. The summed E-state index contributed by atoms with van der Waals surface area (Å²) in [6.45, 7) is 3.37. The minimum atomic E-state index is -1.89. The average Bonchev–Trinajstić information content (AvgIpc) is 3.14. The third-order valence-corrected chi connectivity index (χ3v) is 9.17. The van der Waals surface area contributed by atoms with E-state index < -0.39 is 89.2 Å². The number of benzene rings is 2. The molecule has 0 aromatic heterocycles. The standard InChI is InChI=1S/C35H42Cl3N7O10/c1-20-28(42-34(48)52-19-35(36,37)38)33(55-22(3)47)31(54-21(2)46)27(53-20)18-49-26-14-25(15-41-44-39)30(50-16-23-10-6-4-7-11-23)32(29(26)43-45-40)51-17-24-12-8-5-9-13-24/h4-13,20,25-33H,14-19H2,1-3H3,(H,42,48)/t20-,25+,26?,27+,28-,29-,30+,31-,32+,33+/m0/s1. The Morgan fingerprint density at radius 2 is 1.44 bits per heavy atom. The van der Waals surface area contributed by atoms with Gasteiger partial charge in [0.05, 0.1) is 56.3 Å². The fourth-order valence-electron chi connectivity index (χ4n) is 6.55. The molecule has 55 heavy (non-hydrogen) atoms. The third kappa shape index (κ3) is 13.6. The largest absolute Gasteiger partial charge is 0.456 e. The zero-order chi connectivity index (χ0) is 40.0. The van der Waals surface area contributed by atoms with Crippen molar-refractivity contribution in [3.05, 3.63) is 92.7 Å². The fourth-order valence-corrected chi connectivity index (χ4v) is 6.72. The van der Waals surface area contributed by atoms with E-state index in [1.807, 2.05) is 60.7 Å². The zero-order valence-electron chi connectivity index (χ0n) is 30.2. The van der Waals surface area contributed by atoms with Crippen LogP contribution < -0.4 is 5.32 Å². The molecule has 0 bridgehead atoms. The van der Waals surface area contributed by atoms with Gasteiger partial charge in [-0.15, -0.1) is 0 Å². The van der Waals surface area contributed by atoms with Crippen molar-refractivity contribution in [2.75, 3.05) is 19.8 Å². The molecule has 10 atom stereocenters. The molecule has 0 spiro atoms. The highest BCUT2D eigenvalue weighted by atomic mass is 35.6. The topological polar surface area (TPSA) is 225 Å². The first-order chi connectivity index (χ1) is 26.3. The number of alkyl carbamates (subject to hydrolysis) is 1. The molecule has 1 saturated heterocycles. The van der Waals surface area contributed by atoms with E-state index in [2.05, 4.69) is 25.4 Å². The van der Waals surface area contributed by atoms with Crippen molar-refractivity contribution in [1.29, 1.82) is 0 Å². The maximum Gasteiger partial charge on any atom is 0.407 e. The van der Waals surface area contributed by atoms with E-state index in [0.717, 1.165) is 25.0 Å². The number of nitrogens with zero attached hydrogens (tertiary/aromatic N) is 6. The number of carbonyl (C=O) groups excluding carboxylic acids is 3. The molecule has 2 aromatic carbocycles. The lowest BCUT2D eigenvalue weighted by Gasteiger charge is -2.47. The number of alkyl halides is 3. The molecule has 1 aliphatic carbocycles. The van der Waals surface area contributed by atoms with Crippen LogP contribution in [0, 0.1) is 5.92 Å². The number of hydrogen-bond acceptors (Lipinski definition) is 12. The predicted molar refractivity (Wildman–Crippen MR) is 199 cm³/mol. The van der Waals surface area contributed by atoms with Crippen molar-refractivity contribution in [3.8, 4) is 0 Å². The molecule has 4 rings (SSSR count). The summed E-state index contributed by atoms with van der Waals surface area (Å²) in [4.78, 5) is 43.5. The van der Waals surface area contributed by atoms with Crippen molar-refractivity contribution >= 4 is 52.8 Å². The van der Waals surface area contributed by atoms with Crippen molar-refractivity contribution in [1.82, 2.24) is 5.32 Å². The van der Waals surface area contributed by atoms with E-state index in [9.17, 15) is 25.4 Å². The highest BCUT2D eigenvalue weighted by Gasteiger charge is 2.51. The summed E-state index contributed by atoms with van der Waals surface area (Å²) in [5, 5.41) is 10.5. The Hall–Kier alpha value is -4.02. The Bertz CT molecular complexity index is 1660. The molecular formula is C35H42Cl3N7O10. The number of nitrogens with one attached hydrogen (secondary N) is 1. The number of carbonyl (C=O) groups is 3. The van der Waals surface area contributed by atoms with Crippen molar-refractivity contribution in [2.45, 2.75) is 99.0 Å². The second kappa shape index (κ2) is 21.3. The molecule has 1 unspecified atom stereocenters. The Morgan fingerprint density at radius 1 is 0.855 bits per heavy atom. The summed E-state index contributed by atoms with van der Waals surface area (Å²) < 4.78 is 39.9. The van der Waals surface area contributed by atoms with Crippen LogP contribution in [0.15, 0.2) is 70.9 Å². The van der Waals surface area contributed by atoms with Crippen molar-refractivity contribution < 1.29 is 47.5 Å². The van der Waals surface area contributed by atoms with Gasteiger partial charge in [0.1, 0.15) is 12.7 Å². The van der Waals surface area contributed by atoms with Gasteiger partial charge >= 0.3 is 18.0 Å². The first kappa shape index (κ1) is 43.7. The van der Waals surface area contributed by atoms with E-state index in [4.69, 9.17) is 68.0 Å². The minimum absolute atomic E-state index is 0.00723. The third-order valence-electron chi connectivity index (χ3n) is 8.85. The van der Waals surface area contributed by atoms with Crippen LogP contribution in [0.3, 0.4) is 0 Å². The lowest BCUT2D eigenvalue weighted by Crippen LogP contribution is -2.66. The van der Waals surface area contributed by atoms with Crippen LogP contribution in [0.2, 0.25) is 0 Å². The second-order valence-electron chi connectivity index (χ2n) is 12.9. The first-order valence-corrected chi connectivity index (χ1v) is 18.4. The number of azide groups is 2. The normalized spacial score (nSPS) is 27.7. The Kier molecular flexibility index (Phi) is 16.9. The maximum absolute atomic E-state index is 12.7. The highest BCUT2D eigenvalue weighted by Crippen LogP contribution is 2.36. The van der Waals surface area contributed by atoms with Crippen molar-refractivity contribution in [3.63, 3.8) is 0 Å². The first-order valence-electron chi connectivity index (χ1n) is 17.3. The molecule has 20 heteroatoms. The number of halogens is 3. The van der Waals surface area contributed by atoms with Gasteiger partial charge in [-0.3, -0.25) is 9.59 Å². The quantitative estimate of drug-likeness (QED) is 0.0472. The summed E-state index contributed by atoms with van der Waals surface area (Å²) in [6, 6.07) is 16.8. The van der Waals surface area contributed by atoms with Gasteiger partial charge in [-0.05, 0) is 41.5 Å². The van der Waals surface area contributed by atoms with Gasteiger partial charge in [-0.25, -0.2) is 4.79 Å². The molecule has 17 nitrogen and oxygen atoms in total. The van der Waals surface area contributed by atoms with E-state index in [-0.39, 0.29) is 32.8 Å². The predicted octanol–water partition coefficient (Wildman–Crippen LogP) is 6.67. The smallest absolute Gasteiger partial charge is 0.407 e. The Balaban J connectivity index is 1.63. The molecule has 2 fully saturated rings. The molecular weight excluding hydrogens is 785 g/mol. The zero-order valence-corrected chi connectivity index (χ0v) is 32.5. The van der Waals surface area contributed by atoms with Crippen LogP contribution in [-0.4, -0.2) is 96.4 Å². The van der Waals surface area contributed by atoms with E-state index in [1.165, 1.54) is 0 Å². The number of rotatable bonds is 16. The number of hydrogen-bond donors (Lipinski definition) is 1. The lowest BCUT2D eigenvalue weighted by molar-refractivity contribution is -0.228. The summed E-state index contributed by atoms with van der Waals surface area (Å²) in [5.41, 5.74) is 20.8. The molecule has 298 valence electrons. The van der Waals surface area contributed by atoms with Crippen molar-refractivity contribution in [2.24, 2.45) is 16.1 Å². The molecule has 1 aliphatic heterocycles. The van der Waals surface area contributed by atoms with Gasteiger partial charge < -0.3 is 38.5 Å². The average molecular weight is 827 g/mol.